The first-order chi connectivity index (χ1) is 11.5. The summed E-state index contributed by atoms with van der Waals surface area (Å²) in [4.78, 5) is 11.9. The van der Waals surface area contributed by atoms with Crippen LogP contribution in [-0.4, -0.2) is 23.0 Å². The van der Waals surface area contributed by atoms with Gasteiger partial charge in [0.1, 0.15) is 17.3 Å². The van der Waals surface area contributed by atoms with Gasteiger partial charge in [0, 0.05) is 23.1 Å². The molecule has 0 spiro atoms. The van der Waals surface area contributed by atoms with Crippen LogP contribution >= 0.6 is 0 Å². The highest BCUT2D eigenvalue weighted by molar-refractivity contribution is 7.84. The van der Waals surface area contributed by atoms with Gasteiger partial charge >= 0.3 is 0 Å². The number of carbonyl (C=O) groups excluding carboxylic acids is 1. The number of halogens is 1. The first-order valence-electron chi connectivity index (χ1n) is 7.47. The molecular weight excluding hydrogens is 329 g/mol. The molecule has 24 heavy (non-hydrogen) atoms. The summed E-state index contributed by atoms with van der Waals surface area (Å²) < 4.78 is 30.6. The van der Waals surface area contributed by atoms with E-state index in [2.05, 4.69) is 5.32 Å². The zero-order valence-electron chi connectivity index (χ0n) is 13.7. The van der Waals surface area contributed by atoms with E-state index < -0.39 is 10.8 Å². The Balaban J connectivity index is 1.82. The van der Waals surface area contributed by atoms with Crippen molar-refractivity contribution < 1.29 is 18.1 Å². The van der Waals surface area contributed by atoms with Crippen LogP contribution in [0.2, 0.25) is 0 Å². The highest BCUT2D eigenvalue weighted by Gasteiger charge is 2.10. The number of aryl methyl sites for hydroxylation is 1. The number of hydrogen-bond acceptors (Lipinski definition) is 3. The van der Waals surface area contributed by atoms with Gasteiger partial charge in [0.05, 0.1) is 7.11 Å². The number of benzene rings is 2. The van der Waals surface area contributed by atoms with Crippen LogP contribution in [0.1, 0.15) is 16.7 Å². The van der Waals surface area contributed by atoms with Crippen molar-refractivity contribution in [2.75, 3.05) is 12.9 Å². The van der Waals surface area contributed by atoms with Crippen LogP contribution in [0.25, 0.3) is 0 Å². The lowest BCUT2D eigenvalue weighted by Gasteiger charge is -2.07. The van der Waals surface area contributed by atoms with Crippen molar-refractivity contribution in [1.29, 1.82) is 0 Å². The summed E-state index contributed by atoms with van der Waals surface area (Å²) in [5, 5.41) is 2.66. The van der Waals surface area contributed by atoms with Crippen molar-refractivity contribution >= 4 is 16.7 Å². The molecule has 0 aromatic heterocycles. The zero-order chi connectivity index (χ0) is 17.5. The molecule has 0 aliphatic rings. The lowest BCUT2D eigenvalue weighted by Crippen LogP contribution is -2.28. The summed E-state index contributed by atoms with van der Waals surface area (Å²) in [6.45, 7) is 1.89. The number of ether oxygens (including phenoxy) is 1. The van der Waals surface area contributed by atoms with E-state index in [-0.39, 0.29) is 29.8 Å². The monoisotopic (exact) mass is 349 g/mol. The summed E-state index contributed by atoms with van der Waals surface area (Å²) in [7, 11) is 0.248. The van der Waals surface area contributed by atoms with Crippen LogP contribution in [0.15, 0.2) is 42.5 Å². The standard InChI is InChI=1S/C18H20FNO3S/c1-13-6-7-14(9-17(13)19)10-20-18(21)12-24(22)11-15-4-3-5-16(8-15)23-2/h3-9H,10-12H2,1-2H3,(H,20,21)/t24-/m1/s1. The topological polar surface area (TPSA) is 55.4 Å². The van der Waals surface area contributed by atoms with Gasteiger partial charge in [0.25, 0.3) is 0 Å². The Morgan fingerprint density at radius 1 is 1.21 bits per heavy atom. The zero-order valence-corrected chi connectivity index (χ0v) is 14.5. The van der Waals surface area contributed by atoms with E-state index in [0.29, 0.717) is 16.9 Å². The number of nitrogens with one attached hydrogen (secondary N) is 1. The van der Waals surface area contributed by atoms with E-state index >= 15 is 0 Å². The molecule has 0 fully saturated rings. The number of carbonyl (C=O) groups is 1. The highest BCUT2D eigenvalue weighted by atomic mass is 32.2. The van der Waals surface area contributed by atoms with Crippen LogP contribution in [0, 0.1) is 12.7 Å². The molecule has 1 amide bonds. The van der Waals surface area contributed by atoms with Crippen LogP contribution in [0.3, 0.4) is 0 Å². The molecule has 6 heteroatoms. The number of rotatable bonds is 7. The minimum absolute atomic E-state index is 0.0917. The molecule has 0 saturated heterocycles. The molecule has 0 radical (unpaired) electrons. The van der Waals surface area contributed by atoms with Crippen LogP contribution in [0.5, 0.6) is 5.75 Å². The van der Waals surface area contributed by atoms with Crippen molar-refractivity contribution in [2.24, 2.45) is 0 Å². The summed E-state index contributed by atoms with van der Waals surface area (Å²) in [5.41, 5.74) is 2.08. The normalized spacial score (nSPS) is 11.8. The van der Waals surface area contributed by atoms with E-state index in [0.717, 1.165) is 5.56 Å². The van der Waals surface area contributed by atoms with Gasteiger partial charge in [-0.1, -0.05) is 24.3 Å². The molecule has 0 bridgehead atoms. The summed E-state index contributed by atoms with van der Waals surface area (Å²) in [5.74, 6) is 0.255. The summed E-state index contributed by atoms with van der Waals surface area (Å²) >= 11 is 0. The molecule has 1 atom stereocenters. The van der Waals surface area contributed by atoms with Gasteiger partial charge in [0.15, 0.2) is 0 Å². The van der Waals surface area contributed by atoms with Crippen LogP contribution in [-0.2, 0) is 27.9 Å². The van der Waals surface area contributed by atoms with Crippen molar-refractivity contribution in [2.45, 2.75) is 19.2 Å². The van der Waals surface area contributed by atoms with Gasteiger partial charge in [-0.15, -0.1) is 0 Å². The molecule has 0 aliphatic heterocycles. The fraction of sp³-hybridized carbons (Fsp3) is 0.278. The molecule has 0 unspecified atom stereocenters. The predicted octanol–water partition coefficient (Wildman–Crippen LogP) is 2.71. The predicted molar refractivity (Wildman–Crippen MR) is 92.7 cm³/mol. The average molecular weight is 349 g/mol. The molecule has 0 aliphatic carbocycles. The van der Waals surface area contributed by atoms with Crippen LogP contribution in [0.4, 0.5) is 4.39 Å². The number of hydrogen-bond donors (Lipinski definition) is 1. The van der Waals surface area contributed by atoms with Crippen LogP contribution < -0.4 is 10.1 Å². The minimum Gasteiger partial charge on any atom is -0.497 e. The molecule has 128 valence electrons. The molecule has 0 heterocycles. The van der Waals surface area contributed by atoms with Crippen molar-refractivity contribution in [1.82, 2.24) is 5.32 Å². The third kappa shape index (κ3) is 5.45. The van der Waals surface area contributed by atoms with E-state index in [1.807, 2.05) is 12.1 Å². The largest absolute Gasteiger partial charge is 0.497 e. The maximum atomic E-state index is 13.4. The van der Waals surface area contributed by atoms with Gasteiger partial charge in [-0.2, -0.15) is 0 Å². The summed E-state index contributed by atoms with van der Waals surface area (Å²) in [6.07, 6.45) is 0. The second-order valence-electron chi connectivity index (χ2n) is 5.44. The Hall–Kier alpha value is -2.21. The molecular formula is C18H20FNO3S. The Kier molecular flexibility index (Phi) is 6.49. The minimum atomic E-state index is -1.32. The second-order valence-corrected chi connectivity index (χ2v) is 6.90. The van der Waals surface area contributed by atoms with E-state index in [9.17, 15) is 13.4 Å². The maximum absolute atomic E-state index is 13.4. The summed E-state index contributed by atoms with van der Waals surface area (Å²) in [6, 6.07) is 12.1. The number of amides is 1. The lowest BCUT2D eigenvalue weighted by atomic mass is 10.1. The molecule has 4 nitrogen and oxygen atoms in total. The molecule has 0 saturated carbocycles. The van der Waals surface area contributed by atoms with E-state index in [1.165, 1.54) is 6.07 Å². The average Bonchev–Trinajstić information content (AvgIpc) is 2.56. The van der Waals surface area contributed by atoms with Crippen molar-refractivity contribution in [3.05, 3.63) is 65.0 Å². The lowest BCUT2D eigenvalue weighted by molar-refractivity contribution is -0.118. The molecule has 2 rings (SSSR count). The van der Waals surface area contributed by atoms with E-state index in [4.69, 9.17) is 4.74 Å². The maximum Gasteiger partial charge on any atom is 0.232 e. The fourth-order valence-corrected chi connectivity index (χ4v) is 3.19. The first-order valence-corrected chi connectivity index (χ1v) is 8.96. The SMILES string of the molecule is COc1cccc(C[S@@](=O)CC(=O)NCc2ccc(C)c(F)c2)c1. The van der Waals surface area contributed by atoms with Gasteiger partial charge in [-0.3, -0.25) is 9.00 Å². The Morgan fingerprint density at radius 3 is 2.71 bits per heavy atom. The Labute approximate surface area is 143 Å². The fourth-order valence-electron chi connectivity index (χ4n) is 2.14. The third-order valence-electron chi connectivity index (χ3n) is 3.48. The molecule has 1 N–H and O–H groups in total. The van der Waals surface area contributed by atoms with E-state index in [1.54, 1.807) is 38.3 Å². The number of methoxy groups -OCH3 is 1. The van der Waals surface area contributed by atoms with Gasteiger partial charge < -0.3 is 10.1 Å². The smallest absolute Gasteiger partial charge is 0.232 e. The van der Waals surface area contributed by atoms with Gasteiger partial charge in [-0.25, -0.2) is 4.39 Å². The van der Waals surface area contributed by atoms with Gasteiger partial charge in [0.2, 0.25) is 5.91 Å². The first kappa shape index (κ1) is 18.1. The highest BCUT2D eigenvalue weighted by Crippen LogP contribution is 2.14. The quantitative estimate of drug-likeness (QED) is 0.836. The van der Waals surface area contributed by atoms with Crippen molar-refractivity contribution in [3.8, 4) is 5.75 Å². The Bertz CT molecular complexity index is 749. The Morgan fingerprint density at radius 2 is 2.00 bits per heavy atom. The molecule has 2 aromatic carbocycles. The third-order valence-corrected chi connectivity index (χ3v) is 4.72. The molecule has 2 aromatic rings. The van der Waals surface area contributed by atoms with Gasteiger partial charge in [-0.05, 0) is 41.8 Å². The second kappa shape index (κ2) is 8.59. The van der Waals surface area contributed by atoms with Crippen molar-refractivity contribution in [3.63, 3.8) is 0 Å².